The van der Waals surface area contributed by atoms with E-state index in [9.17, 15) is 29.4 Å². The maximum Gasteiger partial charge on any atom is 1.00 e. The second-order valence-electron chi connectivity index (χ2n) is 15.0. The minimum Gasteiger partial charge on any atom is -0.550 e. The topological polar surface area (TPSA) is 243 Å². The molecule has 0 aliphatic heterocycles. The van der Waals surface area contributed by atoms with Crippen molar-refractivity contribution in [1.29, 1.82) is 0 Å². The Morgan fingerprint density at radius 2 is 0.800 bits per heavy atom. The van der Waals surface area contributed by atoms with Crippen molar-refractivity contribution < 1.29 is 118 Å². The van der Waals surface area contributed by atoms with Gasteiger partial charge in [-0.15, -0.1) is 0 Å². The van der Waals surface area contributed by atoms with Crippen molar-refractivity contribution in [2.45, 2.75) is 25.7 Å². The first-order chi connectivity index (χ1) is 32.9. The van der Waals surface area contributed by atoms with Crippen LogP contribution >= 0.6 is 0 Å². The Morgan fingerprint density at radius 3 is 1.17 bits per heavy atom. The summed E-state index contributed by atoms with van der Waals surface area (Å²) in [6.45, 7) is -0.435. The van der Waals surface area contributed by atoms with Gasteiger partial charge >= 0.3 is 71.1 Å². The van der Waals surface area contributed by atoms with Crippen LogP contribution in [-0.4, -0.2) is 80.5 Å². The first-order valence-corrected chi connectivity index (χ1v) is 21.3. The molecule has 344 valence electrons. The van der Waals surface area contributed by atoms with Crippen molar-refractivity contribution >= 4 is 45.4 Å². The Kier molecular flexibility index (Phi) is 20.6. The molecule has 0 aliphatic rings. The number of carbonyl (C=O) groups is 4. The molecule has 70 heavy (non-hydrogen) atoms. The zero-order valence-electron chi connectivity index (χ0n) is 38.3. The van der Waals surface area contributed by atoms with E-state index in [0.717, 1.165) is 43.8 Å². The summed E-state index contributed by atoms with van der Waals surface area (Å²) in [5.74, 6) is -1.92. The number of rotatable bonds is 20. The molecule has 6 aromatic carbocycles. The number of nitrogens with zero attached hydrogens (tertiary/aromatic N) is 4. The monoisotopic (exact) mass is 960 g/mol. The van der Waals surface area contributed by atoms with Gasteiger partial charge in [0.1, 0.15) is 11.5 Å². The van der Waals surface area contributed by atoms with E-state index in [1.807, 2.05) is 133 Å². The Labute approximate surface area is 445 Å². The Balaban J connectivity index is 0.000000254. The molecule has 2 heterocycles. The number of benzene rings is 6. The van der Waals surface area contributed by atoms with Crippen LogP contribution in [0.5, 0.6) is 23.3 Å². The molecule has 0 fully saturated rings. The first kappa shape index (κ1) is 54.0. The smallest absolute Gasteiger partial charge is 0.550 e. The summed E-state index contributed by atoms with van der Waals surface area (Å²) < 4.78 is 21.9. The van der Waals surface area contributed by atoms with Gasteiger partial charge in [-0.25, -0.2) is 19.6 Å². The van der Waals surface area contributed by atoms with E-state index in [4.69, 9.17) is 29.2 Å². The van der Waals surface area contributed by atoms with E-state index in [1.165, 1.54) is 0 Å². The second kappa shape index (κ2) is 26.7. The molecule has 0 spiro atoms. The molecule has 0 aliphatic carbocycles. The van der Waals surface area contributed by atoms with Gasteiger partial charge in [-0.1, -0.05) is 97.1 Å². The number of aromatic nitrogens is 4. The quantitative estimate of drug-likeness (QED) is 0.0788. The van der Waals surface area contributed by atoms with Crippen molar-refractivity contribution in [2.75, 3.05) is 26.4 Å². The number of hydrogen-bond acceptors (Lipinski definition) is 14. The van der Waals surface area contributed by atoms with Crippen LogP contribution in [0.1, 0.15) is 25.7 Å². The molecule has 8 aromatic rings. The van der Waals surface area contributed by atoms with E-state index >= 15 is 0 Å². The summed E-state index contributed by atoms with van der Waals surface area (Å²) in [6.07, 6.45) is 0.662. The van der Waals surface area contributed by atoms with E-state index in [-0.39, 0.29) is 96.9 Å². The summed E-state index contributed by atoms with van der Waals surface area (Å²) >= 11 is 0. The molecule has 2 N–H and O–H groups in total. The van der Waals surface area contributed by atoms with Gasteiger partial charge in [-0.05, 0) is 83.6 Å². The van der Waals surface area contributed by atoms with Gasteiger partial charge in [0, 0.05) is 46.3 Å². The van der Waals surface area contributed by atoms with Crippen LogP contribution in [0.4, 0.5) is 0 Å². The number of hydrogen-bond donors (Lipinski definition) is 2. The van der Waals surface area contributed by atoms with Gasteiger partial charge in [0.25, 0.3) is 0 Å². The summed E-state index contributed by atoms with van der Waals surface area (Å²) in [5.41, 5.74) is 4.43. The van der Waals surface area contributed by atoms with Crippen molar-refractivity contribution in [3.63, 3.8) is 0 Å². The molecular weight excluding hydrogens is 919 g/mol. The molecule has 0 bridgehead atoms. The molecule has 0 unspecified atom stereocenters. The molecule has 2 aromatic heterocycles. The van der Waals surface area contributed by atoms with Crippen molar-refractivity contribution in [3.05, 3.63) is 146 Å². The Hall–Kier alpha value is -6.92. The molecular formula is C52H42N4Na2O12. The van der Waals surface area contributed by atoms with E-state index in [2.05, 4.69) is 19.9 Å². The SMILES string of the molecule is O=C([O-])CCCOc1ccc2cc(-c3nc(OCC(=O)O)cc(-c4ccccc4)n3)ccc2c1.O=C([O-])CCCOc1ccc2cc(-c3nc(OCC(=O)O)cc(-c4ccccc4)n3)ccc2c1.[Na+].[Na+]. The number of carbonyl (C=O) groups excluding carboxylic acids is 2. The standard InChI is InChI=1S/2C26H22N2O6.2Na/c2*29-24(30)7-4-12-33-21-11-10-18-13-20(9-8-19(18)14-21)26-27-22(17-5-2-1-3-6-17)15-23(28-26)34-16-25(31)32;;/h2*1-3,5-6,8-11,13-15H,4,7,12,16H2,(H,29,30)(H,31,32);;/q;;2*+1/p-2. The second-order valence-corrected chi connectivity index (χ2v) is 15.0. The van der Waals surface area contributed by atoms with E-state index in [0.29, 0.717) is 47.4 Å². The van der Waals surface area contributed by atoms with Crippen LogP contribution in [0.3, 0.4) is 0 Å². The first-order valence-electron chi connectivity index (χ1n) is 21.3. The molecule has 0 atom stereocenters. The summed E-state index contributed by atoms with van der Waals surface area (Å²) in [5, 5.41) is 42.7. The van der Waals surface area contributed by atoms with Crippen LogP contribution in [0, 0.1) is 0 Å². The number of aliphatic carboxylic acids is 4. The largest absolute Gasteiger partial charge is 1.00 e. The fourth-order valence-corrected chi connectivity index (χ4v) is 6.76. The number of carboxylic acids is 4. The fraction of sp³-hybridized carbons (Fsp3) is 0.154. The minimum absolute atomic E-state index is 0. The predicted molar refractivity (Wildman–Crippen MR) is 247 cm³/mol. The maximum atomic E-state index is 11.0. The number of ether oxygens (including phenoxy) is 4. The van der Waals surface area contributed by atoms with Gasteiger partial charge in [0.15, 0.2) is 24.9 Å². The van der Waals surface area contributed by atoms with Crippen molar-refractivity contribution in [2.24, 2.45) is 0 Å². The summed E-state index contributed by atoms with van der Waals surface area (Å²) in [7, 11) is 0. The van der Waals surface area contributed by atoms with Crippen LogP contribution < -0.4 is 88.3 Å². The van der Waals surface area contributed by atoms with E-state index < -0.39 is 37.1 Å². The Bertz CT molecular complexity index is 2870. The van der Waals surface area contributed by atoms with Crippen LogP contribution in [0.2, 0.25) is 0 Å². The normalized spacial score (nSPS) is 10.4. The zero-order chi connectivity index (χ0) is 47.8. The average molecular weight is 961 g/mol. The average Bonchev–Trinajstić information content (AvgIpc) is 3.35. The third kappa shape index (κ3) is 16.1. The summed E-state index contributed by atoms with van der Waals surface area (Å²) in [6, 6.07) is 44.8. The molecule has 8 rings (SSSR count). The molecule has 18 heteroatoms. The molecule has 0 amide bonds. The minimum atomic E-state index is -1.09. The zero-order valence-corrected chi connectivity index (χ0v) is 42.3. The number of fused-ring (bicyclic) bond motifs is 2. The van der Waals surface area contributed by atoms with Crippen LogP contribution in [0.15, 0.2) is 146 Å². The number of carboxylic acid groups (broad SMARTS) is 4. The van der Waals surface area contributed by atoms with Gasteiger partial charge in [0.05, 0.1) is 24.6 Å². The maximum absolute atomic E-state index is 11.0. The molecule has 16 nitrogen and oxygen atoms in total. The van der Waals surface area contributed by atoms with Crippen LogP contribution in [-0.2, 0) is 19.2 Å². The van der Waals surface area contributed by atoms with Gasteiger partial charge in [0.2, 0.25) is 11.8 Å². The fourth-order valence-electron chi connectivity index (χ4n) is 6.76. The van der Waals surface area contributed by atoms with E-state index in [1.54, 1.807) is 12.1 Å². The van der Waals surface area contributed by atoms with Crippen molar-refractivity contribution in [1.82, 2.24) is 19.9 Å². The molecule has 0 radical (unpaired) electrons. The van der Waals surface area contributed by atoms with Crippen LogP contribution in [0.25, 0.3) is 66.8 Å². The van der Waals surface area contributed by atoms with Crippen molar-refractivity contribution in [3.8, 4) is 68.5 Å². The van der Waals surface area contributed by atoms with Gasteiger partial charge in [-0.3, -0.25) is 0 Å². The summed E-state index contributed by atoms with van der Waals surface area (Å²) in [4.78, 5) is 61.1. The molecule has 0 saturated carbocycles. The third-order valence-corrected chi connectivity index (χ3v) is 9.96. The third-order valence-electron chi connectivity index (χ3n) is 9.96. The van der Waals surface area contributed by atoms with Gasteiger partial charge < -0.3 is 49.0 Å². The van der Waals surface area contributed by atoms with Gasteiger partial charge in [-0.2, -0.15) is 9.97 Å². The predicted octanol–water partition coefficient (Wildman–Crippen LogP) is 0.680. The Morgan fingerprint density at radius 1 is 0.429 bits per heavy atom. The molecule has 0 saturated heterocycles.